The maximum atomic E-state index is 12.0. The Balaban J connectivity index is 1.87. The third kappa shape index (κ3) is 5.78. The van der Waals surface area contributed by atoms with Crippen LogP contribution < -0.4 is 5.32 Å². The van der Waals surface area contributed by atoms with Gasteiger partial charge in [-0.1, -0.05) is 11.6 Å². The van der Waals surface area contributed by atoms with E-state index in [-0.39, 0.29) is 12.3 Å². The van der Waals surface area contributed by atoms with E-state index < -0.39 is 11.9 Å². The van der Waals surface area contributed by atoms with E-state index >= 15 is 0 Å². The number of carboxylic acid groups (broad SMARTS) is 1. The van der Waals surface area contributed by atoms with E-state index in [1.807, 2.05) is 7.05 Å². The van der Waals surface area contributed by atoms with Crippen LogP contribution in [0.5, 0.6) is 0 Å². The maximum Gasteiger partial charge on any atom is 0.308 e. The minimum atomic E-state index is -0.951. The summed E-state index contributed by atoms with van der Waals surface area (Å²) in [4.78, 5) is 31.6. The Labute approximate surface area is 140 Å². The Hall–Kier alpha value is -1.70. The minimum Gasteiger partial charge on any atom is -0.481 e. The molecule has 1 aliphatic heterocycles. The van der Waals surface area contributed by atoms with Crippen molar-refractivity contribution in [3.8, 4) is 0 Å². The standard InChI is InChI=1S/C15H21ClN4O3/c1-19-4-6-20(7-5-19)10-11(15(22)23)8-14(21)18-12-2-3-13(16)17-9-12/h2-3,9,11H,4-8,10H2,1H3,(H,18,21)(H,22,23). The number of hydrogen-bond donors (Lipinski definition) is 2. The molecule has 0 aliphatic carbocycles. The lowest BCUT2D eigenvalue weighted by Crippen LogP contribution is -2.47. The zero-order chi connectivity index (χ0) is 16.8. The number of likely N-dealkylation sites (N-methyl/N-ethyl adjacent to an activating group) is 1. The average Bonchev–Trinajstić information content (AvgIpc) is 2.51. The molecule has 1 fully saturated rings. The molecule has 1 aromatic heterocycles. The predicted molar refractivity (Wildman–Crippen MR) is 87.6 cm³/mol. The number of anilines is 1. The van der Waals surface area contributed by atoms with E-state index in [4.69, 9.17) is 11.6 Å². The second-order valence-electron chi connectivity index (χ2n) is 5.76. The number of pyridine rings is 1. The third-order valence-electron chi connectivity index (χ3n) is 3.87. The molecule has 1 aromatic rings. The molecule has 1 atom stereocenters. The Kier molecular flexibility index (Phi) is 6.32. The summed E-state index contributed by atoms with van der Waals surface area (Å²) >= 11 is 5.68. The van der Waals surface area contributed by atoms with E-state index in [0.717, 1.165) is 26.2 Å². The molecular weight excluding hydrogens is 320 g/mol. The number of hydrogen-bond acceptors (Lipinski definition) is 5. The number of carboxylic acids is 1. The normalized spacial score (nSPS) is 17.7. The Bertz CT molecular complexity index is 544. The van der Waals surface area contributed by atoms with Crippen molar-refractivity contribution >= 4 is 29.2 Å². The molecule has 0 spiro atoms. The first kappa shape index (κ1) is 17.7. The molecular formula is C15H21ClN4O3. The number of carbonyl (C=O) groups excluding carboxylic acids is 1. The highest BCUT2D eigenvalue weighted by atomic mass is 35.5. The smallest absolute Gasteiger partial charge is 0.308 e. The highest BCUT2D eigenvalue weighted by Gasteiger charge is 2.25. The van der Waals surface area contributed by atoms with Crippen molar-refractivity contribution in [2.45, 2.75) is 6.42 Å². The number of rotatable bonds is 6. The molecule has 0 aromatic carbocycles. The number of halogens is 1. The number of carbonyl (C=O) groups is 2. The molecule has 1 saturated heterocycles. The number of piperazine rings is 1. The average molecular weight is 341 g/mol. The van der Waals surface area contributed by atoms with Gasteiger partial charge in [-0.15, -0.1) is 0 Å². The van der Waals surface area contributed by atoms with E-state index in [2.05, 4.69) is 20.1 Å². The van der Waals surface area contributed by atoms with Crippen LogP contribution in [0.3, 0.4) is 0 Å². The third-order valence-corrected chi connectivity index (χ3v) is 4.09. The molecule has 126 valence electrons. The predicted octanol–water partition coefficient (Wildman–Crippen LogP) is 1.01. The van der Waals surface area contributed by atoms with Crippen LogP contribution in [0.4, 0.5) is 5.69 Å². The largest absolute Gasteiger partial charge is 0.481 e. The molecule has 2 heterocycles. The van der Waals surface area contributed by atoms with Crippen LogP contribution in [-0.2, 0) is 9.59 Å². The number of aromatic nitrogens is 1. The monoisotopic (exact) mass is 340 g/mol. The molecule has 23 heavy (non-hydrogen) atoms. The van der Waals surface area contributed by atoms with Crippen molar-refractivity contribution in [3.63, 3.8) is 0 Å². The summed E-state index contributed by atoms with van der Waals surface area (Å²) in [7, 11) is 2.04. The van der Waals surface area contributed by atoms with Gasteiger partial charge in [0.05, 0.1) is 17.8 Å². The molecule has 0 saturated carbocycles. The lowest BCUT2D eigenvalue weighted by Gasteiger charge is -2.33. The highest BCUT2D eigenvalue weighted by molar-refractivity contribution is 6.29. The van der Waals surface area contributed by atoms with Gasteiger partial charge in [-0.2, -0.15) is 0 Å². The van der Waals surface area contributed by atoms with Crippen LogP contribution in [0.15, 0.2) is 18.3 Å². The van der Waals surface area contributed by atoms with E-state index in [0.29, 0.717) is 17.4 Å². The first-order chi connectivity index (χ1) is 10.9. The van der Waals surface area contributed by atoms with Crippen molar-refractivity contribution in [1.82, 2.24) is 14.8 Å². The number of nitrogens with zero attached hydrogens (tertiary/aromatic N) is 3. The van der Waals surface area contributed by atoms with Gasteiger partial charge in [0.15, 0.2) is 0 Å². The fraction of sp³-hybridized carbons (Fsp3) is 0.533. The first-order valence-corrected chi connectivity index (χ1v) is 7.87. The van der Waals surface area contributed by atoms with Gasteiger partial charge in [0.1, 0.15) is 5.15 Å². The van der Waals surface area contributed by atoms with Gasteiger partial charge in [-0.3, -0.25) is 14.5 Å². The fourth-order valence-corrected chi connectivity index (χ4v) is 2.57. The maximum absolute atomic E-state index is 12.0. The summed E-state index contributed by atoms with van der Waals surface area (Å²) in [5, 5.41) is 12.3. The fourth-order valence-electron chi connectivity index (χ4n) is 2.46. The van der Waals surface area contributed by atoms with Gasteiger partial charge in [0.25, 0.3) is 0 Å². The molecule has 1 unspecified atom stereocenters. The second-order valence-corrected chi connectivity index (χ2v) is 6.15. The summed E-state index contributed by atoms with van der Waals surface area (Å²) in [6.07, 6.45) is 1.38. The van der Waals surface area contributed by atoms with Gasteiger partial charge in [-0.25, -0.2) is 4.98 Å². The van der Waals surface area contributed by atoms with Crippen LogP contribution in [0.25, 0.3) is 0 Å². The topological polar surface area (TPSA) is 85.8 Å². The first-order valence-electron chi connectivity index (χ1n) is 7.49. The Morgan fingerprint density at radius 3 is 2.61 bits per heavy atom. The molecule has 2 N–H and O–H groups in total. The van der Waals surface area contributed by atoms with Crippen molar-refractivity contribution in [2.75, 3.05) is 45.1 Å². The summed E-state index contributed by atoms with van der Waals surface area (Å²) in [5.41, 5.74) is 0.503. The second kappa shape index (κ2) is 8.24. The molecule has 8 heteroatoms. The minimum absolute atomic E-state index is 0.0652. The number of aliphatic carboxylic acids is 1. The number of nitrogens with one attached hydrogen (secondary N) is 1. The van der Waals surface area contributed by atoms with Crippen LogP contribution in [0, 0.1) is 5.92 Å². The van der Waals surface area contributed by atoms with E-state index in [1.54, 1.807) is 12.1 Å². The summed E-state index contributed by atoms with van der Waals surface area (Å²) < 4.78 is 0. The van der Waals surface area contributed by atoms with E-state index in [1.165, 1.54) is 6.20 Å². The molecule has 0 bridgehead atoms. The lowest BCUT2D eigenvalue weighted by molar-refractivity contribution is -0.144. The molecule has 1 amide bonds. The van der Waals surface area contributed by atoms with Crippen molar-refractivity contribution in [1.29, 1.82) is 0 Å². The van der Waals surface area contributed by atoms with Gasteiger partial charge in [0.2, 0.25) is 5.91 Å². The summed E-state index contributed by atoms with van der Waals surface area (Å²) in [6.45, 7) is 3.85. The van der Waals surface area contributed by atoms with Gasteiger partial charge in [-0.05, 0) is 19.2 Å². The van der Waals surface area contributed by atoms with Crippen LogP contribution in [0.2, 0.25) is 5.15 Å². The van der Waals surface area contributed by atoms with Crippen LogP contribution in [0.1, 0.15) is 6.42 Å². The lowest BCUT2D eigenvalue weighted by atomic mass is 10.0. The van der Waals surface area contributed by atoms with Crippen molar-refractivity contribution < 1.29 is 14.7 Å². The summed E-state index contributed by atoms with van der Waals surface area (Å²) in [6, 6.07) is 3.19. The van der Waals surface area contributed by atoms with Gasteiger partial charge >= 0.3 is 5.97 Å². The molecule has 1 aliphatic rings. The molecule has 7 nitrogen and oxygen atoms in total. The zero-order valence-corrected chi connectivity index (χ0v) is 13.8. The Morgan fingerprint density at radius 2 is 2.04 bits per heavy atom. The summed E-state index contributed by atoms with van der Waals surface area (Å²) in [5.74, 6) is -2.01. The molecule has 2 rings (SSSR count). The van der Waals surface area contributed by atoms with Gasteiger partial charge < -0.3 is 15.3 Å². The number of amides is 1. The van der Waals surface area contributed by atoms with Crippen LogP contribution in [-0.4, -0.2) is 71.5 Å². The SMILES string of the molecule is CN1CCN(CC(CC(=O)Nc2ccc(Cl)nc2)C(=O)O)CC1. The van der Waals surface area contributed by atoms with Crippen molar-refractivity contribution in [2.24, 2.45) is 5.92 Å². The Morgan fingerprint density at radius 1 is 1.35 bits per heavy atom. The highest BCUT2D eigenvalue weighted by Crippen LogP contribution is 2.13. The van der Waals surface area contributed by atoms with Gasteiger partial charge in [0, 0.05) is 39.1 Å². The van der Waals surface area contributed by atoms with Crippen molar-refractivity contribution in [3.05, 3.63) is 23.5 Å². The van der Waals surface area contributed by atoms with E-state index in [9.17, 15) is 14.7 Å². The molecule has 0 radical (unpaired) electrons. The zero-order valence-electron chi connectivity index (χ0n) is 13.0. The quantitative estimate of drug-likeness (QED) is 0.752. The van der Waals surface area contributed by atoms with Crippen LogP contribution >= 0.6 is 11.6 Å².